The summed E-state index contributed by atoms with van der Waals surface area (Å²) in [5, 5.41) is 17.2. The number of nitrogens with zero attached hydrogens (tertiary/aromatic N) is 2. The molecule has 0 saturated carbocycles. The van der Waals surface area contributed by atoms with Crippen LogP contribution >= 0.6 is 0 Å². The van der Waals surface area contributed by atoms with Crippen LogP contribution in [0, 0.1) is 0 Å². The molecule has 5 nitrogen and oxygen atoms in total. The fourth-order valence-corrected chi connectivity index (χ4v) is 1.35. The second-order valence-electron chi connectivity index (χ2n) is 2.90. The molecule has 0 fully saturated rings. The predicted octanol–water partition coefficient (Wildman–Crippen LogP) is -0.442. The Morgan fingerprint density at radius 2 is 2.38 bits per heavy atom. The lowest BCUT2D eigenvalue weighted by molar-refractivity contribution is -0.136. The Labute approximate surface area is 76.7 Å². The van der Waals surface area contributed by atoms with E-state index in [1.807, 2.05) is 4.90 Å². The number of amidine groups is 1. The van der Waals surface area contributed by atoms with E-state index in [2.05, 4.69) is 4.99 Å². The Kier molecular flexibility index (Phi) is 3.70. The van der Waals surface area contributed by atoms with Crippen LogP contribution < -0.4 is 0 Å². The third-order valence-electron chi connectivity index (χ3n) is 1.96. The van der Waals surface area contributed by atoms with E-state index < -0.39 is 5.97 Å². The van der Waals surface area contributed by atoms with E-state index >= 15 is 0 Å². The van der Waals surface area contributed by atoms with Crippen LogP contribution in [0.3, 0.4) is 0 Å². The number of aliphatic carboxylic acids is 1. The summed E-state index contributed by atoms with van der Waals surface area (Å²) < 4.78 is 0. The Hall–Kier alpha value is -1.10. The number of β-amino-alcohol motifs (C(OH)–C–C–N with tert-alkyl or cyclic N) is 1. The molecule has 0 aromatic rings. The van der Waals surface area contributed by atoms with Crippen LogP contribution in [-0.4, -0.2) is 53.2 Å². The van der Waals surface area contributed by atoms with Gasteiger partial charge in [-0.1, -0.05) is 0 Å². The van der Waals surface area contributed by atoms with E-state index in [0.29, 0.717) is 13.0 Å². The van der Waals surface area contributed by atoms with Crippen molar-refractivity contribution < 1.29 is 15.0 Å². The van der Waals surface area contributed by atoms with Gasteiger partial charge in [-0.15, -0.1) is 0 Å². The molecule has 0 atom stereocenters. The van der Waals surface area contributed by atoms with Gasteiger partial charge in [0.05, 0.1) is 25.4 Å². The number of hydrogen-bond acceptors (Lipinski definition) is 4. The zero-order chi connectivity index (χ0) is 9.68. The van der Waals surface area contributed by atoms with Gasteiger partial charge < -0.3 is 15.1 Å². The largest absolute Gasteiger partial charge is 0.481 e. The number of carbonyl (C=O) groups is 1. The fraction of sp³-hybridized carbons (Fsp3) is 0.750. The molecule has 1 aliphatic rings. The van der Waals surface area contributed by atoms with Gasteiger partial charge in [-0.2, -0.15) is 0 Å². The quantitative estimate of drug-likeness (QED) is 0.610. The van der Waals surface area contributed by atoms with E-state index in [9.17, 15) is 4.79 Å². The summed E-state index contributed by atoms with van der Waals surface area (Å²) in [6.07, 6.45) is 0.579. The maximum Gasteiger partial charge on any atom is 0.303 e. The predicted molar refractivity (Wildman–Crippen MR) is 47.8 cm³/mol. The van der Waals surface area contributed by atoms with E-state index in [4.69, 9.17) is 10.2 Å². The lowest BCUT2D eigenvalue weighted by Gasteiger charge is -2.18. The van der Waals surface area contributed by atoms with Crippen LogP contribution in [0.25, 0.3) is 0 Å². The molecule has 1 heterocycles. The van der Waals surface area contributed by atoms with Gasteiger partial charge in [0.15, 0.2) is 0 Å². The van der Waals surface area contributed by atoms with E-state index in [-0.39, 0.29) is 13.0 Å². The highest BCUT2D eigenvalue weighted by molar-refractivity contribution is 5.86. The number of aliphatic hydroxyl groups excluding tert-OH is 1. The first-order valence-corrected chi connectivity index (χ1v) is 4.35. The molecule has 0 aliphatic carbocycles. The molecule has 13 heavy (non-hydrogen) atoms. The Balaban J connectivity index is 2.34. The molecule has 0 bridgehead atoms. The monoisotopic (exact) mass is 186 g/mol. The van der Waals surface area contributed by atoms with Crippen molar-refractivity contribution >= 4 is 11.8 Å². The van der Waals surface area contributed by atoms with Crippen molar-refractivity contribution in [3.05, 3.63) is 0 Å². The Bertz CT molecular complexity index is 215. The van der Waals surface area contributed by atoms with E-state index in [1.165, 1.54) is 0 Å². The highest BCUT2D eigenvalue weighted by Crippen LogP contribution is 2.06. The summed E-state index contributed by atoms with van der Waals surface area (Å²) in [5.41, 5.74) is 0. The maximum atomic E-state index is 10.3. The topological polar surface area (TPSA) is 73.1 Å². The lowest BCUT2D eigenvalue weighted by Crippen LogP contribution is -2.30. The summed E-state index contributed by atoms with van der Waals surface area (Å²) in [7, 11) is 0. The van der Waals surface area contributed by atoms with Gasteiger partial charge in [-0.25, -0.2) is 0 Å². The standard InChI is InChI=1S/C8H14N2O3/c11-6-5-10-4-3-9-7(10)1-2-8(12)13/h11H,1-6H2,(H,12,13). The van der Waals surface area contributed by atoms with Gasteiger partial charge in [-0.3, -0.25) is 9.79 Å². The average molecular weight is 186 g/mol. The highest BCUT2D eigenvalue weighted by Gasteiger charge is 2.16. The van der Waals surface area contributed by atoms with Crippen molar-refractivity contribution in [3.8, 4) is 0 Å². The maximum absolute atomic E-state index is 10.3. The second kappa shape index (κ2) is 4.81. The van der Waals surface area contributed by atoms with Crippen LogP contribution in [0.4, 0.5) is 0 Å². The van der Waals surface area contributed by atoms with Gasteiger partial charge in [0.25, 0.3) is 0 Å². The van der Waals surface area contributed by atoms with Crippen LogP contribution in [-0.2, 0) is 4.79 Å². The van der Waals surface area contributed by atoms with Crippen LogP contribution in [0.2, 0.25) is 0 Å². The Morgan fingerprint density at radius 3 is 3.00 bits per heavy atom. The molecule has 0 spiro atoms. The minimum absolute atomic E-state index is 0.0894. The molecule has 0 aromatic carbocycles. The minimum Gasteiger partial charge on any atom is -0.481 e. The van der Waals surface area contributed by atoms with Crippen molar-refractivity contribution in [3.63, 3.8) is 0 Å². The number of hydrogen-bond donors (Lipinski definition) is 2. The Morgan fingerprint density at radius 1 is 1.62 bits per heavy atom. The number of carboxylic acids is 1. The molecule has 0 saturated heterocycles. The normalized spacial score (nSPS) is 16.1. The van der Waals surface area contributed by atoms with Crippen molar-refractivity contribution in [2.75, 3.05) is 26.2 Å². The van der Waals surface area contributed by atoms with Crippen molar-refractivity contribution in [2.45, 2.75) is 12.8 Å². The summed E-state index contributed by atoms with van der Waals surface area (Å²) in [5.74, 6) is 0.00926. The molecule has 2 N–H and O–H groups in total. The number of carboxylic acid groups (broad SMARTS) is 1. The zero-order valence-electron chi connectivity index (χ0n) is 7.44. The SMILES string of the molecule is O=C(O)CCC1=NCCN1CCO. The van der Waals surface area contributed by atoms with Crippen molar-refractivity contribution in [1.82, 2.24) is 4.90 Å². The zero-order valence-corrected chi connectivity index (χ0v) is 7.44. The van der Waals surface area contributed by atoms with Gasteiger partial charge in [0.2, 0.25) is 0 Å². The molecular formula is C8H14N2O3. The molecule has 0 amide bonds. The molecule has 1 rings (SSSR count). The summed E-state index contributed by atoms with van der Waals surface area (Å²) in [6.45, 7) is 2.16. The average Bonchev–Trinajstić information content (AvgIpc) is 2.49. The minimum atomic E-state index is -0.807. The molecular weight excluding hydrogens is 172 g/mol. The van der Waals surface area contributed by atoms with Gasteiger partial charge in [0, 0.05) is 19.5 Å². The van der Waals surface area contributed by atoms with Gasteiger partial charge in [0.1, 0.15) is 0 Å². The first kappa shape index (κ1) is 9.98. The summed E-state index contributed by atoms with van der Waals surface area (Å²) >= 11 is 0. The molecule has 0 unspecified atom stereocenters. The lowest BCUT2D eigenvalue weighted by atomic mass is 10.3. The molecule has 74 valence electrons. The molecule has 0 aromatic heterocycles. The first-order valence-electron chi connectivity index (χ1n) is 4.35. The third-order valence-corrected chi connectivity index (χ3v) is 1.96. The van der Waals surface area contributed by atoms with Gasteiger partial charge >= 0.3 is 5.97 Å². The fourth-order valence-electron chi connectivity index (χ4n) is 1.35. The number of rotatable bonds is 5. The van der Waals surface area contributed by atoms with Gasteiger partial charge in [-0.05, 0) is 0 Å². The van der Waals surface area contributed by atoms with Crippen LogP contribution in [0.15, 0.2) is 4.99 Å². The molecule has 1 aliphatic heterocycles. The van der Waals surface area contributed by atoms with Crippen molar-refractivity contribution in [1.29, 1.82) is 0 Å². The molecule has 5 heteroatoms. The molecule has 0 radical (unpaired) electrons. The summed E-state index contributed by atoms with van der Waals surface area (Å²) in [6, 6.07) is 0. The smallest absolute Gasteiger partial charge is 0.303 e. The first-order chi connectivity index (χ1) is 6.24. The number of aliphatic hydroxyl groups is 1. The van der Waals surface area contributed by atoms with Crippen molar-refractivity contribution in [2.24, 2.45) is 4.99 Å². The third kappa shape index (κ3) is 3.02. The summed E-state index contributed by atoms with van der Waals surface area (Å²) in [4.78, 5) is 16.4. The van der Waals surface area contributed by atoms with E-state index in [0.717, 1.165) is 18.9 Å². The highest BCUT2D eigenvalue weighted by atomic mass is 16.4. The van der Waals surface area contributed by atoms with E-state index in [1.54, 1.807) is 0 Å². The second-order valence-corrected chi connectivity index (χ2v) is 2.90. The van der Waals surface area contributed by atoms with Crippen LogP contribution in [0.5, 0.6) is 0 Å². The van der Waals surface area contributed by atoms with Crippen LogP contribution in [0.1, 0.15) is 12.8 Å². The number of aliphatic imine (C=N–C) groups is 1.